The summed E-state index contributed by atoms with van der Waals surface area (Å²) in [5.74, 6) is 0.415. The predicted molar refractivity (Wildman–Crippen MR) is 150 cm³/mol. The van der Waals surface area contributed by atoms with Crippen molar-refractivity contribution in [3.8, 4) is 5.75 Å². The summed E-state index contributed by atoms with van der Waals surface area (Å²) < 4.78 is 11.7. The number of primary amides is 1. The molecule has 0 bridgehead atoms. The fraction of sp³-hybridized carbons (Fsp3) is 0.500. The van der Waals surface area contributed by atoms with Crippen LogP contribution in [0.4, 0.5) is 10.6 Å². The first-order chi connectivity index (χ1) is 19.6. The van der Waals surface area contributed by atoms with E-state index in [-0.39, 0.29) is 19.0 Å². The van der Waals surface area contributed by atoms with Crippen LogP contribution in [0.25, 0.3) is 11.2 Å². The highest BCUT2D eigenvalue weighted by molar-refractivity contribution is 5.90. The van der Waals surface area contributed by atoms with E-state index in [9.17, 15) is 14.4 Å². The normalized spacial score (nSPS) is 17.7. The molecule has 2 atom stereocenters. The molecular formula is C28H36N8O5. The summed E-state index contributed by atoms with van der Waals surface area (Å²) in [6.07, 6.45) is 4.60. The molecule has 13 heteroatoms. The Hall–Kier alpha value is -4.42. The molecule has 3 aromatic rings. The number of imidazole rings is 1. The molecule has 4 heterocycles. The Morgan fingerprint density at radius 1 is 1.20 bits per heavy atom. The fourth-order valence-corrected chi connectivity index (χ4v) is 5.39. The summed E-state index contributed by atoms with van der Waals surface area (Å²) in [5.41, 5.74) is 8.07. The van der Waals surface area contributed by atoms with Gasteiger partial charge in [-0.2, -0.15) is 0 Å². The molecule has 0 spiro atoms. The Kier molecular flexibility index (Phi) is 7.95. The van der Waals surface area contributed by atoms with Gasteiger partial charge in [0, 0.05) is 25.2 Å². The third-order valence-corrected chi connectivity index (χ3v) is 7.22. The van der Waals surface area contributed by atoms with Gasteiger partial charge in [0.1, 0.15) is 35.8 Å². The maximum absolute atomic E-state index is 13.5. The van der Waals surface area contributed by atoms with Crippen LogP contribution in [0.5, 0.6) is 5.75 Å². The Labute approximate surface area is 237 Å². The summed E-state index contributed by atoms with van der Waals surface area (Å²) in [6, 6.07) is 4.87. The van der Waals surface area contributed by atoms with E-state index >= 15 is 0 Å². The zero-order valence-corrected chi connectivity index (χ0v) is 23.6. The van der Waals surface area contributed by atoms with Crippen molar-refractivity contribution in [2.24, 2.45) is 5.73 Å². The summed E-state index contributed by atoms with van der Waals surface area (Å²) in [5, 5.41) is 2.53. The largest absolute Gasteiger partial charge is 0.491 e. The van der Waals surface area contributed by atoms with Crippen molar-refractivity contribution >= 4 is 34.9 Å². The van der Waals surface area contributed by atoms with Crippen LogP contribution in [-0.4, -0.2) is 80.1 Å². The number of alkyl carbamates (subject to hydrolysis) is 1. The van der Waals surface area contributed by atoms with Gasteiger partial charge in [0.05, 0.1) is 18.8 Å². The molecule has 0 unspecified atom stereocenters. The van der Waals surface area contributed by atoms with Crippen LogP contribution in [0.3, 0.4) is 0 Å². The number of amides is 3. The number of aromatic nitrogens is 4. The minimum Gasteiger partial charge on any atom is -0.491 e. The van der Waals surface area contributed by atoms with E-state index in [4.69, 9.17) is 15.2 Å². The first kappa shape index (κ1) is 28.1. The summed E-state index contributed by atoms with van der Waals surface area (Å²) >= 11 is 0. The maximum atomic E-state index is 13.5. The van der Waals surface area contributed by atoms with Gasteiger partial charge in [0.15, 0.2) is 11.5 Å². The van der Waals surface area contributed by atoms with Crippen LogP contribution >= 0.6 is 0 Å². The van der Waals surface area contributed by atoms with E-state index in [2.05, 4.69) is 30.2 Å². The molecule has 218 valence electrons. The zero-order chi connectivity index (χ0) is 29.1. The first-order valence-electron chi connectivity index (χ1n) is 13.8. The standard InChI is InChI=1S/C28H36N8O5/c1-28(2,3)41-27(39)34-20(12-22(29)37)26(38)35-11-9-17-6-4-8-21(19(17)13-35)40-14-18-7-5-10-36(18)25-23-24(31-15-30-23)32-16-33-25/h4,6,8,15-16,18,20H,5,7,9-14H2,1-3H3,(H2,29,37)(H,34,39)(H,30,31,32,33)/t18-,20-/m1/s1. The number of nitrogens with two attached hydrogens (primary N) is 1. The van der Waals surface area contributed by atoms with E-state index in [0.717, 1.165) is 41.8 Å². The highest BCUT2D eigenvalue weighted by Gasteiger charge is 2.33. The quantitative estimate of drug-likeness (QED) is 0.371. The van der Waals surface area contributed by atoms with E-state index in [0.29, 0.717) is 31.0 Å². The highest BCUT2D eigenvalue weighted by Crippen LogP contribution is 2.32. The molecule has 2 aromatic heterocycles. The van der Waals surface area contributed by atoms with Crippen molar-refractivity contribution in [3.05, 3.63) is 42.0 Å². The number of H-pyrrole nitrogens is 1. The number of benzene rings is 1. The topological polar surface area (TPSA) is 169 Å². The van der Waals surface area contributed by atoms with Gasteiger partial charge < -0.3 is 35.3 Å². The van der Waals surface area contributed by atoms with E-state index in [1.165, 1.54) is 6.33 Å². The minimum atomic E-state index is -1.13. The van der Waals surface area contributed by atoms with E-state index < -0.39 is 29.6 Å². The molecule has 4 N–H and O–H groups in total. The van der Waals surface area contributed by atoms with Crippen molar-refractivity contribution in [2.45, 2.75) is 70.7 Å². The zero-order valence-electron chi connectivity index (χ0n) is 23.6. The molecule has 5 rings (SSSR count). The monoisotopic (exact) mass is 564 g/mol. The Bertz CT molecular complexity index is 1430. The van der Waals surface area contributed by atoms with Crippen LogP contribution in [0, 0.1) is 0 Å². The number of rotatable bonds is 8. The molecule has 1 aromatic carbocycles. The molecule has 2 aliphatic heterocycles. The third kappa shape index (κ3) is 6.50. The highest BCUT2D eigenvalue weighted by atomic mass is 16.6. The molecule has 41 heavy (non-hydrogen) atoms. The number of anilines is 1. The number of aromatic amines is 1. The smallest absolute Gasteiger partial charge is 0.408 e. The van der Waals surface area contributed by atoms with Crippen LogP contribution in [0.15, 0.2) is 30.9 Å². The molecule has 0 aliphatic carbocycles. The van der Waals surface area contributed by atoms with Gasteiger partial charge in [-0.1, -0.05) is 12.1 Å². The van der Waals surface area contributed by atoms with Crippen molar-refractivity contribution in [1.29, 1.82) is 0 Å². The second kappa shape index (κ2) is 11.6. The Morgan fingerprint density at radius 3 is 2.80 bits per heavy atom. The summed E-state index contributed by atoms with van der Waals surface area (Å²) in [6.45, 7) is 7.16. The van der Waals surface area contributed by atoms with Gasteiger partial charge in [-0.3, -0.25) is 9.59 Å². The number of carbonyl (C=O) groups is 3. The lowest BCUT2D eigenvalue weighted by molar-refractivity contribution is -0.136. The Morgan fingerprint density at radius 2 is 2.02 bits per heavy atom. The van der Waals surface area contributed by atoms with E-state index in [1.807, 2.05) is 18.2 Å². The summed E-state index contributed by atoms with van der Waals surface area (Å²) in [7, 11) is 0. The van der Waals surface area contributed by atoms with Crippen molar-refractivity contribution < 1.29 is 23.9 Å². The molecule has 2 aliphatic rings. The lowest BCUT2D eigenvalue weighted by Gasteiger charge is -2.33. The predicted octanol–water partition coefficient (Wildman–Crippen LogP) is 2.05. The Balaban J connectivity index is 1.28. The summed E-state index contributed by atoms with van der Waals surface area (Å²) in [4.78, 5) is 57.6. The molecule has 3 amide bonds. The van der Waals surface area contributed by atoms with Crippen molar-refractivity contribution in [3.63, 3.8) is 0 Å². The van der Waals surface area contributed by atoms with E-state index in [1.54, 1.807) is 32.0 Å². The number of carbonyl (C=O) groups excluding carboxylic acids is 3. The fourth-order valence-electron chi connectivity index (χ4n) is 5.39. The molecule has 13 nitrogen and oxygen atoms in total. The van der Waals surface area contributed by atoms with Gasteiger partial charge in [0.25, 0.3) is 0 Å². The van der Waals surface area contributed by atoms with Crippen LogP contribution in [-0.2, 0) is 27.3 Å². The molecule has 1 fully saturated rings. The molecular weight excluding hydrogens is 528 g/mol. The minimum absolute atomic E-state index is 0.103. The van der Waals surface area contributed by atoms with Crippen molar-refractivity contribution in [2.75, 3.05) is 24.6 Å². The third-order valence-electron chi connectivity index (χ3n) is 7.22. The van der Waals surface area contributed by atoms with Crippen LogP contribution < -0.4 is 20.7 Å². The second-order valence-corrected chi connectivity index (χ2v) is 11.4. The first-order valence-corrected chi connectivity index (χ1v) is 13.8. The SMILES string of the molecule is CC(C)(C)OC(=O)N[C@H](CC(N)=O)C(=O)N1CCc2cccc(OC[C@H]3CCCN3c3ncnc4nc[nH]c34)c2C1. The average molecular weight is 565 g/mol. The van der Waals surface area contributed by atoms with Crippen molar-refractivity contribution in [1.82, 2.24) is 30.2 Å². The number of nitrogens with zero attached hydrogens (tertiary/aromatic N) is 5. The second-order valence-electron chi connectivity index (χ2n) is 11.4. The number of fused-ring (bicyclic) bond motifs is 2. The van der Waals surface area contributed by atoms with Gasteiger partial charge in [0.2, 0.25) is 11.8 Å². The number of hydrogen-bond donors (Lipinski definition) is 3. The maximum Gasteiger partial charge on any atom is 0.408 e. The molecule has 0 saturated carbocycles. The number of hydrogen-bond acceptors (Lipinski definition) is 9. The van der Waals surface area contributed by atoms with Crippen LogP contribution in [0.1, 0.15) is 51.2 Å². The number of ether oxygens (including phenoxy) is 2. The number of nitrogens with one attached hydrogen (secondary N) is 2. The van der Waals surface area contributed by atoms with Crippen LogP contribution in [0.2, 0.25) is 0 Å². The van der Waals surface area contributed by atoms with Gasteiger partial charge in [-0.25, -0.2) is 19.7 Å². The van der Waals surface area contributed by atoms with Gasteiger partial charge >= 0.3 is 6.09 Å². The molecule has 1 saturated heterocycles. The van der Waals surface area contributed by atoms with Gasteiger partial charge in [-0.05, 0) is 51.7 Å². The lowest BCUT2D eigenvalue weighted by atomic mass is 9.98. The molecule has 0 radical (unpaired) electrons. The average Bonchev–Trinajstić information content (AvgIpc) is 3.59. The van der Waals surface area contributed by atoms with Gasteiger partial charge in [-0.15, -0.1) is 0 Å². The lowest BCUT2D eigenvalue weighted by Crippen LogP contribution is -2.52.